The van der Waals surface area contributed by atoms with Crippen LogP contribution in [0.4, 0.5) is 35.9 Å². The molecule has 2 amide bonds. The molecular formula is C18H32F6N2O6S2. The smallest absolute Gasteiger partial charge is 0.407 e. The van der Waals surface area contributed by atoms with Gasteiger partial charge < -0.3 is 20.1 Å². The van der Waals surface area contributed by atoms with Crippen LogP contribution in [-0.4, -0.2) is 80.3 Å². The second kappa shape index (κ2) is 14.1. The van der Waals surface area contributed by atoms with E-state index in [1.54, 1.807) is 41.5 Å². The number of hydrogen-bond acceptors (Lipinski definition) is 7. The van der Waals surface area contributed by atoms with Crippen LogP contribution < -0.4 is 10.6 Å². The molecule has 2 N–H and O–H groups in total. The summed E-state index contributed by atoms with van der Waals surface area (Å²) in [5.41, 5.74) is -1.35. The number of sulfone groups is 1. The molecule has 0 aliphatic rings. The topological polar surface area (TPSA) is 111 Å². The third kappa shape index (κ3) is 28.5. The van der Waals surface area contributed by atoms with Crippen LogP contribution in [0.15, 0.2) is 0 Å². The average molecular weight is 551 g/mol. The summed E-state index contributed by atoms with van der Waals surface area (Å²) < 4.78 is 102. The van der Waals surface area contributed by atoms with Gasteiger partial charge in [0.1, 0.15) is 17.0 Å². The number of alkyl carbamates (subject to hydrolysis) is 2. The highest BCUT2D eigenvalue weighted by molar-refractivity contribution is 7.99. The zero-order valence-electron chi connectivity index (χ0n) is 19.8. The first kappa shape index (κ1) is 34.6. The number of thioether (sulfide) groups is 1. The lowest BCUT2D eigenvalue weighted by Gasteiger charge is -2.19. The Hall–Kier alpha value is -1.58. The van der Waals surface area contributed by atoms with E-state index in [1.165, 1.54) is 0 Å². The van der Waals surface area contributed by atoms with Gasteiger partial charge >= 0.3 is 24.5 Å². The zero-order chi connectivity index (χ0) is 27.4. The summed E-state index contributed by atoms with van der Waals surface area (Å²) in [6, 6.07) is 0. The lowest BCUT2D eigenvalue weighted by Crippen LogP contribution is -2.36. The van der Waals surface area contributed by atoms with Gasteiger partial charge in [0.05, 0.1) is 11.5 Å². The summed E-state index contributed by atoms with van der Waals surface area (Å²) in [4.78, 5) is 22.1. The molecule has 0 aromatic heterocycles. The van der Waals surface area contributed by atoms with Crippen molar-refractivity contribution in [2.45, 2.75) is 65.1 Å². The maximum absolute atomic E-state index is 11.9. The molecule has 0 saturated heterocycles. The van der Waals surface area contributed by atoms with Crippen LogP contribution in [0.2, 0.25) is 0 Å². The number of halogens is 6. The van der Waals surface area contributed by atoms with Crippen LogP contribution in [0.1, 0.15) is 41.5 Å². The van der Waals surface area contributed by atoms with Crippen molar-refractivity contribution in [2.75, 3.05) is 36.1 Å². The molecule has 0 radical (unpaired) electrons. The Morgan fingerprint density at radius 1 is 0.765 bits per heavy atom. The summed E-state index contributed by atoms with van der Waals surface area (Å²) in [7, 11) is -4.27. The molecule has 0 aliphatic heterocycles. The predicted molar refractivity (Wildman–Crippen MR) is 117 cm³/mol. The fraction of sp³-hybridized carbons (Fsp3) is 0.889. The molecule has 0 atom stereocenters. The van der Waals surface area contributed by atoms with Crippen molar-refractivity contribution < 1.29 is 53.8 Å². The SMILES string of the molecule is CC(C)(C)OC(=O)NCCS(=O)(=O)CC(F)(F)F.CC(C)(C)OC(=O)NCCSCC(F)(F)F. The Balaban J connectivity index is 0. The lowest BCUT2D eigenvalue weighted by atomic mass is 10.2. The van der Waals surface area contributed by atoms with Gasteiger partial charge in [0, 0.05) is 18.8 Å². The largest absolute Gasteiger partial charge is 0.444 e. The summed E-state index contributed by atoms with van der Waals surface area (Å²) in [5, 5.41) is 4.45. The van der Waals surface area contributed by atoms with Gasteiger partial charge in [-0.3, -0.25) is 0 Å². The van der Waals surface area contributed by atoms with Crippen LogP contribution in [-0.2, 0) is 19.3 Å². The van der Waals surface area contributed by atoms with E-state index in [0.29, 0.717) is 0 Å². The summed E-state index contributed by atoms with van der Waals surface area (Å²) >= 11 is 0.725. The Morgan fingerprint density at radius 2 is 1.18 bits per heavy atom. The summed E-state index contributed by atoms with van der Waals surface area (Å²) in [6.45, 7) is 9.69. The van der Waals surface area contributed by atoms with Gasteiger partial charge in [-0.2, -0.15) is 38.1 Å². The molecule has 0 aliphatic carbocycles. The fourth-order valence-electron chi connectivity index (χ4n) is 1.67. The van der Waals surface area contributed by atoms with E-state index in [1.807, 2.05) is 0 Å². The van der Waals surface area contributed by atoms with E-state index in [2.05, 4.69) is 10.6 Å². The molecule has 0 saturated carbocycles. The molecule has 0 heterocycles. The third-order valence-electron chi connectivity index (χ3n) is 2.65. The number of carbonyl (C=O) groups excluding carboxylic acids is 2. The van der Waals surface area contributed by atoms with Gasteiger partial charge in [-0.25, -0.2) is 18.0 Å². The third-order valence-corrected chi connectivity index (χ3v) is 5.26. The van der Waals surface area contributed by atoms with E-state index in [4.69, 9.17) is 9.47 Å². The zero-order valence-corrected chi connectivity index (χ0v) is 21.4. The molecule has 204 valence electrons. The highest BCUT2D eigenvalue weighted by atomic mass is 32.2. The van der Waals surface area contributed by atoms with Crippen LogP contribution >= 0.6 is 11.8 Å². The van der Waals surface area contributed by atoms with Crippen LogP contribution in [0.5, 0.6) is 0 Å². The molecule has 0 fully saturated rings. The molecular weight excluding hydrogens is 518 g/mol. The second-order valence-electron chi connectivity index (χ2n) is 8.73. The highest BCUT2D eigenvalue weighted by Crippen LogP contribution is 2.20. The number of hydrogen-bond donors (Lipinski definition) is 2. The van der Waals surface area contributed by atoms with E-state index in [-0.39, 0.29) is 12.3 Å². The van der Waals surface area contributed by atoms with E-state index in [9.17, 15) is 44.3 Å². The Labute approximate surface area is 199 Å². The Bertz CT molecular complexity index is 729. The maximum atomic E-state index is 11.9. The van der Waals surface area contributed by atoms with Crippen molar-refractivity contribution >= 4 is 33.8 Å². The summed E-state index contributed by atoms with van der Waals surface area (Å²) in [5.74, 6) is -3.37. The minimum Gasteiger partial charge on any atom is -0.444 e. The van der Waals surface area contributed by atoms with Crippen LogP contribution in [0.25, 0.3) is 0 Å². The predicted octanol–water partition coefficient (Wildman–Crippen LogP) is 4.29. The first-order valence-corrected chi connectivity index (χ1v) is 12.7. The first-order chi connectivity index (χ1) is 14.9. The van der Waals surface area contributed by atoms with Gasteiger partial charge in [0.15, 0.2) is 9.84 Å². The molecule has 0 rings (SSSR count). The minimum atomic E-state index is -4.77. The molecule has 34 heavy (non-hydrogen) atoms. The minimum absolute atomic E-state index is 0.162. The van der Waals surface area contributed by atoms with Gasteiger partial charge in [0.2, 0.25) is 0 Å². The number of alkyl halides is 6. The molecule has 0 aromatic rings. The Morgan fingerprint density at radius 3 is 1.53 bits per heavy atom. The number of rotatable bonds is 8. The number of carbonyl (C=O) groups is 2. The molecule has 8 nitrogen and oxygen atoms in total. The molecule has 0 bridgehead atoms. The van der Waals surface area contributed by atoms with Crippen molar-refractivity contribution in [3.63, 3.8) is 0 Å². The van der Waals surface area contributed by atoms with Crippen molar-refractivity contribution in [3.8, 4) is 0 Å². The van der Waals surface area contributed by atoms with Crippen molar-refractivity contribution in [3.05, 3.63) is 0 Å². The fourth-order valence-corrected chi connectivity index (χ4v) is 3.35. The summed E-state index contributed by atoms with van der Waals surface area (Å²) in [6.07, 6.45) is -10.4. The van der Waals surface area contributed by atoms with Crippen molar-refractivity contribution in [2.24, 2.45) is 0 Å². The number of nitrogens with one attached hydrogen (secondary N) is 2. The second-order valence-corrected chi connectivity index (χ2v) is 12.0. The van der Waals surface area contributed by atoms with Crippen LogP contribution in [0, 0.1) is 0 Å². The molecule has 0 spiro atoms. The molecule has 16 heteroatoms. The van der Waals surface area contributed by atoms with Gasteiger partial charge in [0.25, 0.3) is 0 Å². The maximum Gasteiger partial charge on any atom is 0.407 e. The van der Waals surface area contributed by atoms with E-state index < -0.39 is 69.4 Å². The van der Waals surface area contributed by atoms with Crippen molar-refractivity contribution in [1.29, 1.82) is 0 Å². The number of ether oxygens (including phenoxy) is 2. The average Bonchev–Trinajstić information content (AvgIpc) is 2.47. The standard InChI is InChI=1S/C9H16F3NO4S.C9H16F3NO2S/c1-8(2,3)17-7(14)13-4-5-18(15,16)6-9(10,11)12;1-8(2,3)15-7(14)13-4-5-16-6-9(10,11)12/h4-6H2,1-3H3,(H,13,14);4-6H2,1-3H3,(H,13,14). The van der Waals surface area contributed by atoms with Gasteiger partial charge in [-0.1, -0.05) is 0 Å². The normalized spacial score (nSPS) is 12.8. The quantitative estimate of drug-likeness (QED) is 0.343. The first-order valence-electron chi connectivity index (χ1n) is 9.76. The van der Waals surface area contributed by atoms with Crippen LogP contribution in [0.3, 0.4) is 0 Å². The monoisotopic (exact) mass is 550 g/mol. The lowest BCUT2D eigenvalue weighted by molar-refractivity contribution is -0.107. The number of amides is 2. The highest BCUT2D eigenvalue weighted by Gasteiger charge is 2.34. The Kier molecular flexibility index (Phi) is 14.3. The van der Waals surface area contributed by atoms with Gasteiger partial charge in [-0.15, -0.1) is 0 Å². The van der Waals surface area contributed by atoms with Gasteiger partial charge in [-0.05, 0) is 41.5 Å². The van der Waals surface area contributed by atoms with E-state index >= 15 is 0 Å². The molecule has 0 aromatic carbocycles. The van der Waals surface area contributed by atoms with Crippen molar-refractivity contribution in [1.82, 2.24) is 10.6 Å². The van der Waals surface area contributed by atoms with E-state index in [0.717, 1.165) is 11.8 Å². The molecule has 0 unspecified atom stereocenters.